The normalized spacial score (nSPS) is 11.1. The molecular formula is C16H21IN4. The summed E-state index contributed by atoms with van der Waals surface area (Å²) in [6.07, 6.45) is 3.53. The quantitative estimate of drug-likeness (QED) is 0.470. The Balaban J connectivity index is 0.00000220. The van der Waals surface area contributed by atoms with Crippen molar-refractivity contribution in [2.24, 2.45) is 10.7 Å². The van der Waals surface area contributed by atoms with Crippen LogP contribution in [0.15, 0.2) is 53.8 Å². The van der Waals surface area contributed by atoms with Crippen LogP contribution in [-0.4, -0.2) is 10.9 Å². The van der Waals surface area contributed by atoms with Crippen molar-refractivity contribution in [3.05, 3.63) is 59.9 Å². The van der Waals surface area contributed by atoms with Crippen LogP contribution in [0.1, 0.15) is 30.9 Å². The Bertz CT molecular complexity index is 582. The highest BCUT2D eigenvalue weighted by Gasteiger charge is 2.01. The number of pyridine rings is 1. The number of nitrogens with zero attached hydrogens (tertiary/aromatic N) is 2. The van der Waals surface area contributed by atoms with E-state index in [1.807, 2.05) is 24.3 Å². The number of guanidine groups is 1. The van der Waals surface area contributed by atoms with Crippen LogP contribution in [0.4, 0.5) is 5.69 Å². The molecule has 2 rings (SSSR count). The van der Waals surface area contributed by atoms with Crippen molar-refractivity contribution >= 4 is 35.6 Å². The SMILES string of the molecule is CC(C)c1cccc(NC(N)=NCc2cccnc2)c1.I. The van der Waals surface area contributed by atoms with Crippen LogP contribution in [0.3, 0.4) is 0 Å². The number of benzene rings is 1. The van der Waals surface area contributed by atoms with Crippen LogP contribution in [-0.2, 0) is 6.54 Å². The van der Waals surface area contributed by atoms with E-state index in [1.54, 1.807) is 12.4 Å². The first-order valence-electron chi connectivity index (χ1n) is 6.71. The number of aliphatic imine (C=N–C) groups is 1. The second kappa shape index (κ2) is 8.61. The van der Waals surface area contributed by atoms with Crippen LogP contribution in [0.5, 0.6) is 0 Å². The van der Waals surface area contributed by atoms with E-state index in [9.17, 15) is 0 Å². The van der Waals surface area contributed by atoms with E-state index in [1.165, 1.54) is 5.56 Å². The third kappa shape index (κ3) is 5.71. The lowest BCUT2D eigenvalue weighted by atomic mass is 10.0. The average Bonchev–Trinajstić information content (AvgIpc) is 2.46. The van der Waals surface area contributed by atoms with Gasteiger partial charge in [-0.05, 0) is 35.2 Å². The maximum absolute atomic E-state index is 5.90. The first-order valence-corrected chi connectivity index (χ1v) is 6.71. The van der Waals surface area contributed by atoms with E-state index >= 15 is 0 Å². The van der Waals surface area contributed by atoms with E-state index < -0.39 is 0 Å². The lowest BCUT2D eigenvalue weighted by molar-refractivity contribution is 0.867. The number of nitrogens with two attached hydrogens (primary N) is 1. The Kier molecular flexibility index (Phi) is 7.14. The van der Waals surface area contributed by atoms with Crippen molar-refractivity contribution < 1.29 is 0 Å². The fourth-order valence-corrected chi connectivity index (χ4v) is 1.83. The van der Waals surface area contributed by atoms with Gasteiger partial charge in [0, 0.05) is 18.1 Å². The molecule has 112 valence electrons. The number of aromatic nitrogens is 1. The monoisotopic (exact) mass is 396 g/mol. The predicted octanol–water partition coefficient (Wildman–Crippen LogP) is 3.75. The number of nitrogens with one attached hydrogen (secondary N) is 1. The minimum absolute atomic E-state index is 0. The van der Waals surface area contributed by atoms with Crippen LogP contribution in [0.25, 0.3) is 0 Å². The molecule has 1 aromatic carbocycles. The molecule has 0 aliphatic heterocycles. The van der Waals surface area contributed by atoms with Crippen molar-refractivity contribution in [3.63, 3.8) is 0 Å². The van der Waals surface area contributed by atoms with Crippen LogP contribution >= 0.6 is 24.0 Å². The fraction of sp³-hybridized carbons (Fsp3) is 0.250. The summed E-state index contributed by atoms with van der Waals surface area (Å²) >= 11 is 0. The van der Waals surface area contributed by atoms with Gasteiger partial charge < -0.3 is 11.1 Å². The topological polar surface area (TPSA) is 63.3 Å². The summed E-state index contributed by atoms with van der Waals surface area (Å²) < 4.78 is 0. The number of halogens is 1. The lowest BCUT2D eigenvalue weighted by Crippen LogP contribution is -2.22. The van der Waals surface area contributed by atoms with Gasteiger partial charge in [-0.15, -0.1) is 24.0 Å². The second-order valence-corrected chi connectivity index (χ2v) is 4.97. The van der Waals surface area contributed by atoms with E-state index in [0.717, 1.165) is 11.3 Å². The van der Waals surface area contributed by atoms with Crippen molar-refractivity contribution in [2.75, 3.05) is 5.32 Å². The molecule has 0 saturated heterocycles. The van der Waals surface area contributed by atoms with Gasteiger partial charge in [0.15, 0.2) is 5.96 Å². The molecule has 1 heterocycles. The number of hydrogen-bond donors (Lipinski definition) is 2. The molecule has 4 nitrogen and oxygen atoms in total. The molecule has 3 N–H and O–H groups in total. The smallest absolute Gasteiger partial charge is 0.193 e. The molecule has 0 saturated carbocycles. The fourth-order valence-electron chi connectivity index (χ4n) is 1.83. The van der Waals surface area contributed by atoms with Gasteiger partial charge >= 0.3 is 0 Å². The lowest BCUT2D eigenvalue weighted by Gasteiger charge is -2.10. The summed E-state index contributed by atoms with van der Waals surface area (Å²) in [5.41, 5.74) is 9.17. The Morgan fingerprint density at radius 1 is 1.29 bits per heavy atom. The zero-order valence-electron chi connectivity index (χ0n) is 12.3. The van der Waals surface area contributed by atoms with Gasteiger partial charge in [-0.1, -0.05) is 32.0 Å². The molecule has 21 heavy (non-hydrogen) atoms. The third-order valence-electron chi connectivity index (χ3n) is 2.98. The number of rotatable bonds is 4. The van der Waals surface area contributed by atoms with E-state index in [0.29, 0.717) is 18.4 Å². The molecule has 2 aromatic rings. The number of hydrogen-bond acceptors (Lipinski definition) is 2. The van der Waals surface area contributed by atoms with Gasteiger partial charge in [0.25, 0.3) is 0 Å². The van der Waals surface area contributed by atoms with Crippen molar-refractivity contribution in [1.29, 1.82) is 0 Å². The molecule has 0 fully saturated rings. The van der Waals surface area contributed by atoms with Gasteiger partial charge in [0.1, 0.15) is 0 Å². The molecule has 0 unspecified atom stereocenters. The Morgan fingerprint density at radius 2 is 2.10 bits per heavy atom. The second-order valence-electron chi connectivity index (χ2n) is 4.97. The molecule has 1 aromatic heterocycles. The van der Waals surface area contributed by atoms with E-state index in [2.05, 4.69) is 41.3 Å². The van der Waals surface area contributed by atoms with E-state index in [-0.39, 0.29) is 24.0 Å². The predicted molar refractivity (Wildman–Crippen MR) is 99.1 cm³/mol. The standard InChI is InChI=1S/C16H20N4.HI/c1-12(2)14-6-3-7-15(9-14)20-16(17)19-11-13-5-4-8-18-10-13;/h3-10,12H,11H2,1-2H3,(H3,17,19,20);1H. The van der Waals surface area contributed by atoms with Crippen molar-refractivity contribution in [1.82, 2.24) is 4.98 Å². The summed E-state index contributed by atoms with van der Waals surface area (Å²) in [7, 11) is 0. The zero-order valence-corrected chi connectivity index (χ0v) is 14.6. The molecule has 5 heteroatoms. The molecular weight excluding hydrogens is 375 g/mol. The van der Waals surface area contributed by atoms with Gasteiger partial charge in [-0.3, -0.25) is 4.98 Å². The molecule has 0 spiro atoms. The van der Waals surface area contributed by atoms with Crippen LogP contribution < -0.4 is 11.1 Å². The van der Waals surface area contributed by atoms with E-state index in [4.69, 9.17) is 5.73 Å². The summed E-state index contributed by atoms with van der Waals surface area (Å²) in [5.74, 6) is 0.903. The highest BCUT2D eigenvalue weighted by molar-refractivity contribution is 14.0. The Hall–Kier alpha value is -1.63. The van der Waals surface area contributed by atoms with Gasteiger partial charge in [-0.2, -0.15) is 0 Å². The summed E-state index contributed by atoms with van der Waals surface area (Å²) in [6, 6.07) is 12.1. The first-order chi connectivity index (χ1) is 9.65. The molecule has 0 bridgehead atoms. The third-order valence-corrected chi connectivity index (χ3v) is 2.98. The Labute approximate surface area is 142 Å². The molecule has 0 atom stereocenters. The largest absolute Gasteiger partial charge is 0.370 e. The van der Waals surface area contributed by atoms with Crippen molar-refractivity contribution in [2.45, 2.75) is 26.3 Å². The zero-order chi connectivity index (χ0) is 14.4. The number of anilines is 1. The van der Waals surface area contributed by atoms with Gasteiger partial charge in [0.2, 0.25) is 0 Å². The van der Waals surface area contributed by atoms with Crippen LogP contribution in [0, 0.1) is 0 Å². The summed E-state index contributed by atoms with van der Waals surface area (Å²) in [6.45, 7) is 4.86. The minimum Gasteiger partial charge on any atom is -0.370 e. The highest BCUT2D eigenvalue weighted by atomic mass is 127. The van der Waals surface area contributed by atoms with Crippen LogP contribution in [0.2, 0.25) is 0 Å². The Morgan fingerprint density at radius 3 is 2.76 bits per heavy atom. The molecule has 0 radical (unpaired) electrons. The summed E-state index contributed by atoms with van der Waals surface area (Å²) in [5, 5.41) is 3.11. The highest BCUT2D eigenvalue weighted by Crippen LogP contribution is 2.18. The molecule has 0 aliphatic carbocycles. The first kappa shape index (κ1) is 17.4. The summed E-state index contributed by atoms with van der Waals surface area (Å²) in [4.78, 5) is 8.35. The van der Waals surface area contributed by atoms with Crippen molar-refractivity contribution in [3.8, 4) is 0 Å². The maximum Gasteiger partial charge on any atom is 0.193 e. The average molecular weight is 396 g/mol. The molecule has 0 amide bonds. The maximum atomic E-state index is 5.90. The van der Waals surface area contributed by atoms with Gasteiger partial charge in [0.05, 0.1) is 6.54 Å². The van der Waals surface area contributed by atoms with Gasteiger partial charge in [-0.25, -0.2) is 4.99 Å². The minimum atomic E-state index is 0. The molecule has 0 aliphatic rings.